The van der Waals surface area contributed by atoms with E-state index in [4.69, 9.17) is 5.11 Å². The molecule has 0 heterocycles. The second-order valence-electron chi connectivity index (χ2n) is 3.23. The Kier molecular flexibility index (Phi) is 5.27. The molecule has 0 saturated carbocycles. The van der Waals surface area contributed by atoms with Gasteiger partial charge in [0.2, 0.25) is 0 Å². The van der Waals surface area contributed by atoms with Gasteiger partial charge in [-0.05, 0) is 0 Å². The fraction of sp³-hybridized carbons (Fsp3) is 1.00. The van der Waals surface area contributed by atoms with Gasteiger partial charge in [-0.2, -0.15) is 22.0 Å². The van der Waals surface area contributed by atoms with Gasteiger partial charge in [-0.1, -0.05) is 0 Å². The molecule has 0 fully saturated rings. The summed E-state index contributed by atoms with van der Waals surface area (Å²) in [5, 5.41) is 8.29. The zero-order valence-electron chi connectivity index (χ0n) is 8.11. The van der Waals surface area contributed by atoms with Gasteiger partial charge in [0.15, 0.2) is 24.6 Å². The summed E-state index contributed by atoms with van der Waals surface area (Å²) in [6, 6.07) is 0. The van der Waals surface area contributed by atoms with E-state index in [1.807, 2.05) is 0 Å². The maximum atomic E-state index is 12.6. The molecule has 0 aliphatic heterocycles. The monoisotopic (exact) mass is 296 g/mol. The lowest BCUT2D eigenvalue weighted by Crippen LogP contribution is -2.55. The van der Waals surface area contributed by atoms with Crippen molar-refractivity contribution in [3.05, 3.63) is 0 Å². The second-order valence-corrected chi connectivity index (χ2v) is 3.23. The van der Waals surface area contributed by atoms with Crippen LogP contribution in [-0.2, 0) is 0 Å². The van der Waals surface area contributed by atoms with Crippen LogP contribution in [0.5, 0.6) is 0 Å². The maximum Gasteiger partial charge on any atom is 0.456 e. The quantitative estimate of drug-likeness (QED) is 0.774. The Bertz CT molecular complexity index is 263. The molecule has 4 unspecified atom stereocenters. The molecule has 0 aliphatic carbocycles. The van der Waals surface area contributed by atoms with Gasteiger partial charge >= 0.3 is 12.1 Å². The van der Waals surface area contributed by atoms with Gasteiger partial charge in [0, 0.05) is 0 Å². The first kappa shape index (κ1) is 17.3. The summed E-state index contributed by atoms with van der Waals surface area (Å²) in [5.41, 5.74) is 0. The van der Waals surface area contributed by atoms with Crippen molar-refractivity contribution in [3.8, 4) is 0 Å². The van der Waals surface area contributed by atoms with Crippen LogP contribution >= 0.6 is 0 Å². The van der Waals surface area contributed by atoms with E-state index in [2.05, 4.69) is 0 Å². The molecular weight excluding hydrogens is 290 g/mol. The highest BCUT2D eigenvalue weighted by molar-refractivity contribution is 4.94. The fourth-order valence-corrected chi connectivity index (χ4v) is 0.856. The van der Waals surface area contributed by atoms with Crippen LogP contribution in [-0.4, -0.2) is 48.2 Å². The van der Waals surface area contributed by atoms with E-state index in [0.717, 1.165) is 0 Å². The Balaban J connectivity index is 4.95. The Morgan fingerprint density at radius 2 is 1.06 bits per heavy atom. The van der Waals surface area contributed by atoms with Crippen molar-refractivity contribution in [2.45, 2.75) is 43.1 Å². The van der Waals surface area contributed by atoms with Gasteiger partial charge in [-0.3, -0.25) is 0 Å². The number of aliphatic hydroxyl groups is 1. The van der Waals surface area contributed by atoms with Crippen molar-refractivity contribution in [3.63, 3.8) is 0 Å². The van der Waals surface area contributed by atoms with Crippen molar-refractivity contribution < 1.29 is 49.0 Å². The zero-order chi connectivity index (χ0) is 14.9. The van der Waals surface area contributed by atoms with Gasteiger partial charge in [0.05, 0.1) is 0 Å². The summed E-state index contributed by atoms with van der Waals surface area (Å²) in [5.74, 6) is -6.10. The number of rotatable bonds is 5. The summed E-state index contributed by atoms with van der Waals surface area (Å²) in [6.07, 6.45) is -27.0. The first-order valence-corrected chi connectivity index (χ1v) is 4.17. The molecular formula is C7H6F10O. The van der Waals surface area contributed by atoms with E-state index in [0.29, 0.717) is 0 Å². The fourth-order valence-electron chi connectivity index (χ4n) is 0.856. The minimum atomic E-state index is -6.44. The molecule has 0 aromatic carbocycles. The van der Waals surface area contributed by atoms with E-state index in [1.165, 1.54) is 0 Å². The largest absolute Gasteiger partial charge is 0.456 e. The first-order valence-electron chi connectivity index (χ1n) is 4.17. The Morgan fingerprint density at radius 1 is 0.667 bits per heavy atom. The smallest absolute Gasteiger partial charge is 0.383 e. The molecule has 110 valence electrons. The van der Waals surface area contributed by atoms with E-state index < -0.39 is 43.1 Å². The Labute approximate surface area is 93.4 Å². The molecule has 0 amide bonds. The van der Waals surface area contributed by atoms with Crippen LogP contribution in [0.4, 0.5) is 43.9 Å². The van der Waals surface area contributed by atoms with Gasteiger partial charge in [0.25, 0.3) is 6.43 Å². The summed E-state index contributed by atoms with van der Waals surface area (Å²) in [4.78, 5) is 0. The van der Waals surface area contributed by atoms with Crippen molar-refractivity contribution in [1.29, 1.82) is 0 Å². The molecule has 0 aliphatic rings. The minimum absolute atomic E-state index is 3.93. The van der Waals surface area contributed by atoms with Crippen molar-refractivity contribution in [2.24, 2.45) is 0 Å². The van der Waals surface area contributed by atoms with Crippen LogP contribution in [0.2, 0.25) is 0 Å². The third-order valence-electron chi connectivity index (χ3n) is 1.90. The normalized spacial score (nSPS) is 20.7. The second kappa shape index (κ2) is 5.49. The number of aliphatic hydroxyl groups excluding tert-OH is 1. The van der Waals surface area contributed by atoms with Crippen LogP contribution in [0.25, 0.3) is 0 Å². The molecule has 0 aromatic heterocycles. The molecule has 0 rings (SSSR count). The lowest BCUT2D eigenvalue weighted by molar-refractivity contribution is -0.322. The third kappa shape index (κ3) is 3.39. The predicted octanol–water partition coefficient (Wildman–Crippen LogP) is 2.82. The number of alkyl halides is 10. The highest BCUT2D eigenvalue weighted by Crippen LogP contribution is 2.40. The van der Waals surface area contributed by atoms with Gasteiger partial charge in [-0.15, -0.1) is 0 Å². The molecule has 0 radical (unpaired) electrons. The van der Waals surface area contributed by atoms with Crippen LogP contribution in [0.1, 0.15) is 0 Å². The zero-order valence-corrected chi connectivity index (χ0v) is 8.11. The highest BCUT2D eigenvalue weighted by atomic mass is 19.4. The number of halogens is 10. The molecule has 4 atom stereocenters. The molecule has 0 bridgehead atoms. The van der Waals surface area contributed by atoms with Crippen molar-refractivity contribution in [1.82, 2.24) is 0 Å². The summed E-state index contributed by atoms with van der Waals surface area (Å²) >= 11 is 0. The van der Waals surface area contributed by atoms with Crippen LogP contribution < -0.4 is 0 Å². The lowest BCUT2D eigenvalue weighted by Gasteiger charge is -2.28. The van der Waals surface area contributed by atoms with E-state index in [1.54, 1.807) is 0 Å². The van der Waals surface area contributed by atoms with Crippen LogP contribution in [0.3, 0.4) is 0 Å². The summed E-state index contributed by atoms with van der Waals surface area (Å²) < 4.78 is 120. The number of hydrogen-bond acceptors (Lipinski definition) is 1. The van der Waals surface area contributed by atoms with Gasteiger partial charge in [-0.25, -0.2) is 22.0 Å². The van der Waals surface area contributed by atoms with E-state index in [-0.39, 0.29) is 0 Å². The van der Waals surface area contributed by atoms with Crippen molar-refractivity contribution in [2.75, 3.05) is 0 Å². The third-order valence-corrected chi connectivity index (χ3v) is 1.90. The predicted molar refractivity (Wildman–Crippen MR) is 37.7 cm³/mol. The standard InChI is InChI=1S/C7H6F10O/c8-1(3(10)5(11)12)2(9)4(18)6(13,14)7(15,16)17/h1-5,18H. The van der Waals surface area contributed by atoms with E-state index >= 15 is 0 Å². The molecule has 0 aromatic rings. The lowest BCUT2D eigenvalue weighted by atomic mass is 10.0. The van der Waals surface area contributed by atoms with Crippen LogP contribution in [0.15, 0.2) is 0 Å². The molecule has 18 heavy (non-hydrogen) atoms. The molecule has 0 spiro atoms. The highest BCUT2D eigenvalue weighted by Gasteiger charge is 2.65. The summed E-state index contributed by atoms with van der Waals surface area (Å²) in [7, 11) is 0. The average Bonchev–Trinajstić information content (AvgIpc) is 2.23. The van der Waals surface area contributed by atoms with E-state index in [9.17, 15) is 43.9 Å². The van der Waals surface area contributed by atoms with Gasteiger partial charge < -0.3 is 5.11 Å². The van der Waals surface area contributed by atoms with Crippen molar-refractivity contribution >= 4 is 0 Å². The molecule has 0 saturated heterocycles. The SMILES string of the molecule is OC(C(F)C(F)C(F)C(F)F)C(F)(F)C(F)(F)F. The summed E-state index contributed by atoms with van der Waals surface area (Å²) in [6.45, 7) is 0. The average molecular weight is 296 g/mol. The molecule has 1 nitrogen and oxygen atoms in total. The maximum absolute atomic E-state index is 12.6. The van der Waals surface area contributed by atoms with Crippen LogP contribution in [0, 0.1) is 0 Å². The first-order chi connectivity index (χ1) is 7.84. The molecule has 1 N–H and O–H groups in total. The van der Waals surface area contributed by atoms with Gasteiger partial charge in [0.1, 0.15) is 0 Å². The molecule has 11 heteroatoms. The minimum Gasteiger partial charge on any atom is -0.383 e. The number of hydrogen-bond donors (Lipinski definition) is 1. The Hall–Kier alpha value is -0.740. The topological polar surface area (TPSA) is 20.2 Å². The Morgan fingerprint density at radius 3 is 1.33 bits per heavy atom.